The van der Waals surface area contributed by atoms with Crippen LogP contribution in [0.15, 0.2) is 91.0 Å². The molecule has 0 aromatic heterocycles. The van der Waals surface area contributed by atoms with Gasteiger partial charge < -0.3 is 14.6 Å². The van der Waals surface area contributed by atoms with Gasteiger partial charge in [0.2, 0.25) is 0 Å². The Hall–Kier alpha value is -4.96. The van der Waals surface area contributed by atoms with Gasteiger partial charge >= 0.3 is 11.9 Å². The lowest BCUT2D eigenvalue weighted by molar-refractivity contribution is 0.0472. The summed E-state index contributed by atoms with van der Waals surface area (Å²) in [6, 6.07) is 24.3. The molecule has 0 aliphatic heterocycles. The molecule has 4 aromatic rings. The number of halogens is 1. The number of aromatic hydroxyl groups is 1. The molecular formula is C28H18FNO5. The number of nitrogens with zero attached hydrogens (tertiary/aromatic N) is 1. The minimum Gasteiger partial charge on any atom is -0.508 e. The maximum Gasteiger partial charge on any atom is 0.343 e. The number of phenols is 1. The fraction of sp³-hybridized carbons (Fsp3) is 0.0357. The van der Waals surface area contributed by atoms with E-state index in [0.29, 0.717) is 22.3 Å². The third-order valence-corrected chi connectivity index (χ3v) is 5.13. The number of nitriles is 1. The summed E-state index contributed by atoms with van der Waals surface area (Å²) < 4.78 is 24.3. The summed E-state index contributed by atoms with van der Waals surface area (Å²) in [5.41, 5.74) is 2.57. The highest BCUT2D eigenvalue weighted by atomic mass is 19.1. The average Bonchev–Trinajstić information content (AvgIpc) is 2.88. The fourth-order valence-electron chi connectivity index (χ4n) is 3.30. The quantitative estimate of drug-likeness (QED) is 0.291. The first-order valence-electron chi connectivity index (χ1n) is 10.5. The van der Waals surface area contributed by atoms with E-state index in [1.807, 2.05) is 6.07 Å². The first-order valence-corrected chi connectivity index (χ1v) is 10.5. The lowest BCUT2D eigenvalue weighted by atomic mass is 9.99. The van der Waals surface area contributed by atoms with Crippen molar-refractivity contribution in [1.29, 1.82) is 5.26 Å². The lowest BCUT2D eigenvalue weighted by Gasteiger charge is -2.13. The van der Waals surface area contributed by atoms with Crippen molar-refractivity contribution in [1.82, 2.24) is 0 Å². The van der Waals surface area contributed by atoms with Gasteiger partial charge in [0.25, 0.3) is 0 Å². The van der Waals surface area contributed by atoms with Crippen LogP contribution in [-0.4, -0.2) is 17.0 Å². The summed E-state index contributed by atoms with van der Waals surface area (Å²) in [6.45, 7) is -0.0368. The molecule has 1 N–H and O–H groups in total. The van der Waals surface area contributed by atoms with E-state index in [9.17, 15) is 19.1 Å². The van der Waals surface area contributed by atoms with E-state index in [-0.39, 0.29) is 29.2 Å². The van der Waals surface area contributed by atoms with Gasteiger partial charge in [-0.1, -0.05) is 24.3 Å². The molecule has 172 valence electrons. The first kappa shape index (κ1) is 23.2. The molecule has 0 heterocycles. The number of benzene rings is 4. The molecule has 0 amide bonds. The smallest absolute Gasteiger partial charge is 0.343 e. The number of ether oxygens (including phenoxy) is 2. The summed E-state index contributed by atoms with van der Waals surface area (Å²) in [5, 5.41) is 18.3. The van der Waals surface area contributed by atoms with Crippen LogP contribution in [0.3, 0.4) is 0 Å². The van der Waals surface area contributed by atoms with Gasteiger partial charge in [0.15, 0.2) is 0 Å². The zero-order valence-corrected chi connectivity index (χ0v) is 18.3. The van der Waals surface area contributed by atoms with Gasteiger partial charge in [-0.05, 0) is 83.4 Å². The van der Waals surface area contributed by atoms with Crippen molar-refractivity contribution >= 4 is 11.9 Å². The first-order chi connectivity index (χ1) is 16.9. The van der Waals surface area contributed by atoms with Crippen LogP contribution in [-0.2, 0) is 11.3 Å². The Kier molecular flexibility index (Phi) is 6.84. The van der Waals surface area contributed by atoms with Gasteiger partial charge in [0.05, 0.1) is 22.8 Å². The predicted octanol–water partition coefficient (Wildman–Crippen LogP) is 5.65. The third kappa shape index (κ3) is 5.70. The summed E-state index contributed by atoms with van der Waals surface area (Å²) in [7, 11) is 0. The van der Waals surface area contributed by atoms with E-state index in [1.54, 1.807) is 30.3 Å². The Morgan fingerprint density at radius 1 is 0.857 bits per heavy atom. The minimum absolute atomic E-state index is 0.0116. The second-order valence-electron chi connectivity index (χ2n) is 7.54. The molecular weight excluding hydrogens is 449 g/mol. The van der Waals surface area contributed by atoms with Gasteiger partial charge in [-0.2, -0.15) is 5.26 Å². The van der Waals surface area contributed by atoms with Gasteiger partial charge in [-0.3, -0.25) is 0 Å². The maximum absolute atomic E-state index is 13.4. The molecule has 4 aromatic carbocycles. The zero-order valence-electron chi connectivity index (χ0n) is 18.3. The van der Waals surface area contributed by atoms with Crippen molar-refractivity contribution in [3.8, 4) is 28.7 Å². The minimum atomic E-state index is -0.670. The van der Waals surface area contributed by atoms with Crippen molar-refractivity contribution < 1.29 is 28.6 Å². The fourth-order valence-corrected chi connectivity index (χ4v) is 3.30. The monoisotopic (exact) mass is 467 g/mol. The standard InChI is InChI=1S/C28H18FNO5/c29-22-9-5-20(6-10-22)25-14-13-24(35-27(32)21-7-11-23(31)12-8-21)15-26(25)28(33)34-17-19-3-1-18(16-30)2-4-19/h1-15,31H,17H2. The number of hydrogen-bond acceptors (Lipinski definition) is 6. The average molecular weight is 467 g/mol. The summed E-state index contributed by atoms with van der Waals surface area (Å²) >= 11 is 0. The van der Waals surface area contributed by atoms with Crippen LogP contribution in [0.5, 0.6) is 11.5 Å². The van der Waals surface area contributed by atoms with E-state index in [4.69, 9.17) is 14.7 Å². The Morgan fingerprint density at radius 3 is 2.20 bits per heavy atom. The molecule has 0 saturated heterocycles. The van der Waals surface area contributed by atoms with Crippen LogP contribution in [0.2, 0.25) is 0 Å². The molecule has 0 unspecified atom stereocenters. The predicted molar refractivity (Wildman–Crippen MR) is 125 cm³/mol. The molecule has 0 aliphatic rings. The molecule has 4 rings (SSSR count). The topological polar surface area (TPSA) is 96.6 Å². The van der Waals surface area contributed by atoms with Crippen LogP contribution in [0.1, 0.15) is 31.8 Å². The number of carbonyl (C=O) groups excluding carboxylic acids is 2. The third-order valence-electron chi connectivity index (χ3n) is 5.13. The highest BCUT2D eigenvalue weighted by Gasteiger charge is 2.18. The molecule has 0 spiro atoms. The van der Waals surface area contributed by atoms with E-state index in [0.717, 1.165) is 0 Å². The van der Waals surface area contributed by atoms with E-state index < -0.39 is 17.8 Å². The lowest BCUT2D eigenvalue weighted by Crippen LogP contribution is -2.11. The van der Waals surface area contributed by atoms with Crippen LogP contribution >= 0.6 is 0 Å². The van der Waals surface area contributed by atoms with Crippen LogP contribution in [0.25, 0.3) is 11.1 Å². The zero-order chi connectivity index (χ0) is 24.8. The van der Waals surface area contributed by atoms with Crippen molar-refractivity contribution in [3.63, 3.8) is 0 Å². The van der Waals surface area contributed by atoms with Crippen molar-refractivity contribution in [2.75, 3.05) is 0 Å². The maximum atomic E-state index is 13.4. The molecule has 6 nitrogen and oxygen atoms in total. The second-order valence-corrected chi connectivity index (χ2v) is 7.54. The molecule has 7 heteroatoms. The van der Waals surface area contributed by atoms with Crippen molar-refractivity contribution in [3.05, 3.63) is 119 Å². The number of rotatable bonds is 6. The molecule has 0 aliphatic carbocycles. The van der Waals surface area contributed by atoms with Crippen LogP contribution in [0, 0.1) is 17.1 Å². The van der Waals surface area contributed by atoms with Crippen molar-refractivity contribution in [2.24, 2.45) is 0 Å². The summed E-state index contributed by atoms with van der Waals surface area (Å²) in [6.07, 6.45) is 0. The molecule has 35 heavy (non-hydrogen) atoms. The van der Waals surface area contributed by atoms with Gasteiger partial charge in [-0.15, -0.1) is 0 Å². The Morgan fingerprint density at radius 2 is 1.54 bits per heavy atom. The molecule has 0 saturated carbocycles. The molecule has 0 atom stereocenters. The SMILES string of the molecule is N#Cc1ccc(COC(=O)c2cc(OC(=O)c3ccc(O)cc3)ccc2-c2ccc(F)cc2)cc1. The molecule has 0 radical (unpaired) electrons. The normalized spacial score (nSPS) is 10.3. The largest absolute Gasteiger partial charge is 0.508 e. The molecule has 0 fully saturated rings. The second kappa shape index (κ2) is 10.3. The number of esters is 2. The van der Waals surface area contributed by atoms with Gasteiger partial charge in [0.1, 0.15) is 23.9 Å². The highest BCUT2D eigenvalue weighted by Crippen LogP contribution is 2.29. The van der Waals surface area contributed by atoms with Crippen LogP contribution in [0.4, 0.5) is 4.39 Å². The summed E-state index contributed by atoms with van der Waals surface area (Å²) in [4.78, 5) is 25.5. The molecule has 0 bridgehead atoms. The van der Waals surface area contributed by atoms with Gasteiger partial charge in [0, 0.05) is 0 Å². The number of phenolic OH excluding ortho intramolecular Hbond substituents is 1. The summed E-state index contributed by atoms with van der Waals surface area (Å²) in [5.74, 6) is -1.64. The van der Waals surface area contributed by atoms with Crippen molar-refractivity contribution in [2.45, 2.75) is 6.61 Å². The Bertz CT molecular complexity index is 1410. The Balaban J connectivity index is 1.61. The van der Waals surface area contributed by atoms with E-state index in [2.05, 4.69) is 0 Å². The van der Waals surface area contributed by atoms with Gasteiger partial charge in [-0.25, -0.2) is 14.0 Å². The van der Waals surface area contributed by atoms with E-state index in [1.165, 1.54) is 60.7 Å². The van der Waals surface area contributed by atoms with Crippen LogP contribution < -0.4 is 4.74 Å². The Labute approximate surface area is 200 Å². The number of carbonyl (C=O) groups is 2. The van der Waals surface area contributed by atoms with E-state index >= 15 is 0 Å². The number of hydrogen-bond donors (Lipinski definition) is 1. The highest BCUT2D eigenvalue weighted by molar-refractivity contribution is 5.98.